The molecule has 166 valence electrons. The lowest BCUT2D eigenvalue weighted by atomic mass is 9.47. The Morgan fingerprint density at radius 3 is 1.75 bits per heavy atom. The summed E-state index contributed by atoms with van der Waals surface area (Å²) in [4.78, 5) is 0. The zero-order valence-corrected chi connectivity index (χ0v) is 23.5. The van der Waals surface area contributed by atoms with Gasteiger partial charge in [0.15, 0.2) is 0 Å². The van der Waals surface area contributed by atoms with E-state index in [-0.39, 0.29) is 10.8 Å². The van der Waals surface area contributed by atoms with E-state index in [0.717, 1.165) is 5.56 Å². The first-order valence-corrected chi connectivity index (χ1v) is 15.4. The number of halogens is 1. The Hall–Kier alpha value is -1.49. The van der Waals surface area contributed by atoms with Crippen LogP contribution in [-0.4, -0.2) is 8.07 Å². The van der Waals surface area contributed by atoms with Gasteiger partial charge in [-0.15, -0.1) is 5.54 Å². The highest BCUT2D eigenvalue weighted by atomic mass is 127. The molecule has 0 amide bonds. The molecule has 1 aromatic carbocycles. The lowest BCUT2D eigenvalue weighted by Crippen LogP contribution is -2.49. The van der Waals surface area contributed by atoms with Crippen LogP contribution in [0.25, 0.3) is 0 Å². The maximum atomic E-state index is 4.01. The molecule has 0 bridgehead atoms. The van der Waals surface area contributed by atoms with Crippen LogP contribution in [0.15, 0.2) is 59.7 Å². The summed E-state index contributed by atoms with van der Waals surface area (Å²) in [6.45, 7) is 14.4. The number of hydrogen-bond acceptors (Lipinski definition) is 0. The maximum Gasteiger partial charge on any atom is 0.146 e. The van der Waals surface area contributed by atoms with E-state index in [9.17, 15) is 0 Å². The molecule has 0 N–H and O–H groups in total. The number of rotatable bonds is 3. The molecule has 0 heterocycles. The Morgan fingerprint density at radius 1 is 0.750 bits per heavy atom. The van der Waals surface area contributed by atoms with Crippen molar-refractivity contribution in [2.45, 2.75) is 77.4 Å². The maximum absolute atomic E-state index is 4.01. The molecule has 0 unspecified atom stereocenters. The zero-order chi connectivity index (χ0) is 23.1. The second-order valence-electron chi connectivity index (χ2n) is 10.7. The summed E-state index contributed by atoms with van der Waals surface area (Å²) >= 11 is 2.35. The second kappa shape index (κ2) is 8.70. The van der Waals surface area contributed by atoms with Gasteiger partial charge >= 0.3 is 0 Å². The minimum absolute atomic E-state index is 0.0691. The zero-order valence-electron chi connectivity index (χ0n) is 20.4. The van der Waals surface area contributed by atoms with Gasteiger partial charge in [-0.05, 0) is 76.3 Å². The number of benzene rings is 1. The fraction of sp³-hybridized carbons (Fsp3) is 0.467. The molecular weight excluding hydrogens is 515 g/mol. The Morgan fingerprint density at radius 2 is 1.25 bits per heavy atom. The molecule has 3 aliphatic carbocycles. The van der Waals surface area contributed by atoms with Gasteiger partial charge in [0.1, 0.15) is 8.07 Å². The lowest BCUT2D eigenvalue weighted by Gasteiger charge is -2.54. The Balaban J connectivity index is 1.88. The van der Waals surface area contributed by atoms with Gasteiger partial charge in [-0.25, -0.2) is 0 Å². The fourth-order valence-corrected chi connectivity index (χ4v) is 12.4. The summed E-state index contributed by atoms with van der Waals surface area (Å²) in [5.41, 5.74) is 9.79. The predicted molar refractivity (Wildman–Crippen MR) is 149 cm³/mol. The van der Waals surface area contributed by atoms with E-state index in [1.807, 2.05) is 0 Å². The summed E-state index contributed by atoms with van der Waals surface area (Å²) in [5, 5.41) is 0. The van der Waals surface area contributed by atoms with Crippen molar-refractivity contribution < 1.29 is 0 Å². The van der Waals surface area contributed by atoms with Crippen molar-refractivity contribution in [3.05, 3.63) is 68.8 Å². The largest absolute Gasteiger partial charge is 0.146 e. The van der Waals surface area contributed by atoms with Gasteiger partial charge < -0.3 is 0 Å². The highest BCUT2D eigenvalue weighted by Crippen LogP contribution is 2.71. The van der Waals surface area contributed by atoms with Crippen LogP contribution in [0, 0.1) is 37.7 Å². The molecule has 0 aromatic heterocycles. The summed E-state index contributed by atoms with van der Waals surface area (Å²) in [6.07, 6.45) is 13.0. The van der Waals surface area contributed by atoms with E-state index in [0.29, 0.717) is 16.6 Å². The van der Waals surface area contributed by atoms with Crippen LogP contribution >= 0.6 is 22.6 Å². The predicted octanol–water partition coefficient (Wildman–Crippen LogP) is 8.46. The summed E-state index contributed by atoms with van der Waals surface area (Å²) in [6, 6.07) is 8.53. The molecule has 2 atom stereocenters. The molecule has 0 spiro atoms. The SMILES string of the molecule is CC(C)[Si](C#CC1=C(C#Cc2ccc(I)cc2)[C@@]23C=CC=C[C@@]12CCC3)(C(C)C)C(C)C. The third-order valence-electron chi connectivity index (χ3n) is 8.40. The molecule has 0 radical (unpaired) electrons. The topological polar surface area (TPSA) is 0 Å². The molecular formula is C30H35ISi. The van der Waals surface area contributed by atoms with Gasteiger partial charge in [0.2, 0.25) is 0 Å². The van der Waals surface area contributed by atoms with Crippen molar-refractivity contribution in [3.63, 3.8) is 0 Å². The van der Waals surface area contributed by atoms with E-state index in [1.165, 1.54) is 34.0 Å². The first-order chi connectivity index (χ1) is 15.2. The first-order valence-electron chi connectivity index (χ1n) is 12.1. The summed E-state index contributed by atoms with van der Waals surface area (Å²) in [5.74, 6) is 11.0. The van der Waals surface area contributed by atoms with Gasteiger partial charge in [0.25, 0.3) is 0 Å². The van der Waals surface area contributed by atoms with Crippen molar-refractivity contribution >= 4 is 30.7 Å². The summed E-state index contributed by atoms with van der Waals surface area (Å²) < 4.78 is 1.24. The molecule has 32 heavy (non-hydrogen) atoms. The van der Waals surface area contributed by atoms with Crippen LogP contribution in [0.4, 0.5) is 0 Å². The Labute approximate surface area is 210 Å². The third-order valence-corrected chi connectivity index (χ3v) is 15.4. The first kappa shape index (κ1) is 23.7. The normalized spacial score (nSPS) is 25.8. The smallest absolute Gasteiger partial charge is 0.125 e. The minimum atomic E-state index is -1.79. The van der Waals surface area contributed by atoms with Crippen LogP contribution < -0.4 is 0 Å². The molecule has 1 aromatic rings. The van der Waals surface area contributed by atoms with Gasteiger partial charge in [-0.1, -0.05) is 90.0 Å². The van der Waals surface area contributed by atoms with Crippen molar-refractivity contribution in [3.8, 4) is 23.3 Å². The standard InChI is InChI=1S/C30H35ISi/c1-22(2)32(23(3)4,24(5)6)21-16-28-27(15-12-25-10-13-26(31)14-11-25)29-17-7-8-18-30(28,29)20-9-19-29/h7-8,10-11,13-14,17-18,22-24H,9,19-20H2,1-6H3/t29-,30+/m0/s1. The van der Waals surface area contributed by atoms with Crippen molar-refractivity contribution in [1.29, 1.82) is 0 Å². The van der Waals surface area contributed by atoms with Crippen LogP contribution in [0.2, 0.25) is 16.6 Å². The van der Waals surface area contributed by atoms with Crippen molar-refractivity contribution in [2.75, 3.05) is 0 Å². The van der Waals surface area contributed by atoms with Crippen LogP contribution in [0.3, 0.4) is 0 Å². The van der Waals surface area contributed by atoms with E-state index in [4.69, 9.17) is 0 Å². The Bertz CT molecular complexity index is 1090. The Kier molecular flexibility index (Phi) is 6.43. The average molecular weight is 551 g/mol. The van der Waals surface area contributed by atoms with Crippen molar-refractivity contribution in [2.24, 2.45) is 10.8 Å². The third kappa shape index (κ3) is 3.41. The number of allylic oxidation sites excluding steroid dienone is 6. The molecule has 1 saturated carbocycles. The highest BCUT2D eigenvalue weighted by Gasteiger charge is 2.64. The molecule has 1 fully saturated rings. The van der Waals surface area contributed by atoms with Crippen LogP contribution in [0.1, 0.15) is 66.4 Å². The van der Waals surface area contributed by atoms with Crippen LogP contribution in [-0.2, 0) is 0 Å². The minimum Gasteiger partial charge on any atom is -0.125 e. The highest BCUT2D eigenvalue weighted by molar-refractivity contribution is 14.1. The van der Waals surface area contributed by atoms with Gasteiger partial charge in [-0.3, -0.25) is 0 Å². The number of hydrogen-bond donors (Lipinski definition) is 0. The molecule has 0 nitrogen and oxygen atoms in total. The molecule has 4 rings (SSSR count). The van der Waals surface area contributed by atoms with Crippen LogP contribution in [0.5, 0.6) is 0 Å². The lowest BCUT2D eigenvalue weighted by molar-refractivity contribution is 0.232. The molecule has 0 saturated heterocycles. The van der Waals surface area contributed by atoms with Gasteiger partial charge in [0, 0.05) is 31.1 Å². The van der Waals surface area contributed by atoms with E-state index >= 15 is 0 Å². The van der Waals surface area contributed by atoms with Crippen molar-refractivity contribution in [1.82, 2.24) is 0 Å². The van der Waals surface area contributed by atoms with E-state index in [2.05, 4.69) is 136 Å². The van der Waals surface area contributed by atoms with E-state index < -0.39 is 8.07 Å². The van der Waals surface area contributed by atoms with Gasteiger partial charge in [0.05, 0.1) is 0 Å². The molecule has 2 heteroatoms. The van der Waals surface area contributed by atoms with Gasteiger partial charge in [-0.2, -0.15) is 0 Å². The summed E-state index contributed by atoms with van der Waals surface area (Å²) in [7, 11) is -1.79. The molecule has 0 aliphatic heterocycles. The molecule has 3 aliphatic rings. The average Bonchev–Trinajstić information content (AvgIpc) is 3.09. The second-order valence-corrected chi connectivity index (χ2v) is 17.5. The monoisotopic (exact) mass is 550 g/mol. The fourth-order valence-electron chi connectivity index (χ4n) is 6.86. The van der Waals surface area contributed by atoms with E-state index in [1.54, 1.807) is 0 Å². The quantitative estimate of drug-likeness (QED) is 0.201.